The predicted molar refractivity (Wildman–Crippen MR) is 176 cm³/mol. The number of rotatable bonds is 13. The zero-order valence-electron chi connectivity index (χ0n) is 26.3. The van der Waals surface area contributed by atoms with Gasteiger partial charge in [0.2, 0.25) is 5.91 Å². The van der Waals surface area contributed by atoms with Crippen LogP contribution in [0, 0.1) is 0 Å². The molecule has 0 spiro atoms. The minimum absolute atomic E-state index is 0.0261. The Hall–Kier alpha value is -3.85. The molecule has 3 aromatic rings. The van der Waals surface area contributed by atoms with E-state index in [1.54, 1.807) is 18.9 Å². The SMILES string of the molecule is COc1ccccc1COCCCOc1ccc(C2=C(C(=O)N(C)CCc3cccc(Cl)c3)C3CN(C(C)=O)C[C@H](C2)N3)cc1. The van der Waals surface area contributed by atoms with Crippen molar-refractivity contribution in [3.63, 3.8) is 0 Å². The molecular weight excluding hydrogens is 590 g/mol. The van der Waals surface area contributed by atoms with Crippen molar-refractivity contribution in [1.29, 1.82) is 0 Å². The molecule has 1 saturated heterocycles. The van der Waals surface area contributed by atoms with Crippen molar-refractivity contribution >= 4 is 29.0 Å². The first-order chi connectivity index (χ1) is 21.8. The summed E-state index contributed by atoms with van der Waals surface area (Å²) in [7, 11) is 3.50. The molecule has 2 bridgehead atoms. The number of amides is 2. The van der Waals surface area contributed by atoms with Crippen LogP contribution in [0.25, 0.3) is 5.57 Å². The second-order valence-corrected chi connectivity index (χ2v) is 12.1. The lowest BCUT2D eigenvalue weighted by Crippen LogP contribution is -2.61. The van der Waals surface area contributed by atoms with Gasteiger partial charge in [0, 0.05) is 62.2 Å². The Morgan fingerprint density at radius 3 is 2.58 bits per heavy atom. The minimum Gasteiger partial charge on any atom is -0.496 e. The van der Waals surface area contributed by atoms with Gasteiger partial charge >= 0.3 is 0 Å². The molecule has 9 heteroatoms. The predicted octanol–water partition coefficient (Wildman–Crippen LogP) is 5.38. The molecule has 0 aliphatic carbocycles. The van der Waals surface area contributed by atoms with Crippen LogP contribution in [0.1, 0.15) is 36.5 Å². The van der Waals surface area contributed by atoms with Crippen molar-refractivity contribution in [1.82, 2.24) is 15.1 Å². The molecule has 2 aliphatic heterocycles. The molecule has 238 valence electrons. The van der Waals surface area contributed by atoms with Crippen molar-refractivity contribution in [3.05, 3.63) is 100 Å². The number of para-hydroxylation sites is 1. The van der Waals surface area contributed by atoms with Crippen LogP contribution in [0.2, 0.25) is 5.02 Å². The van der Waals surface area contributed by atoms with E-state index in [2.05, 4.69) is 5.32 Å². The largest absolute Gasteiger partial charge is 0.496 e. The summed E-state index contributed by atoms with van der Waals surface area (Å²) in [6, 6.07) is 23.4. The number of piperazine rings is 1. The fraction of sp³-hybridized carbons (Fsp3) is 0.389. The highest BCUT2D eigenvalue weighted by Crippen LogP contribution is 2.35. The number of benzene rings is 3. The van der Waals surface area contributed by atoms with E-state index < -0.39 is 0 Å². The Balaban J connectivity index is 1.23. The number of likely N-dealkylation sites (N-methyl/N-ethyl adjacent to an activating group) is 1. The number of hydrogen-bond acceptors (Lipinski definition) is 6. The van der Waals surface area contributed by atoms with Crippen LogP contribution in [-0.2, 0) is 27.4 Å². The van der Waals surface area contributed by atoms with Gasteiger partial charge in [0.05, 0.1) is 33.0 Å². The second kappa shape index (κ2) is 15.4. The Bertz CT molecular complexity index is 1510. The molecule has 3 aromatic carbocycles. The smallest absolute Gasteiger partial charge is 0.251 e. The van der Waals surface area contributed by atoms with E-state index in [1.807, 2.05) is 84.7 Å². The molecule has 0 saturated carbocycles. The molecule has 1 N–H and O–H groups in total. The zero-order chi connectivity index (χ0) is 31.8. The molecule has 2 aliphatic rings. The summed E-state index contributed by atoms with van der Waals surface area (Å²) in [5.74, 6) is 1.60. The molecule has 2 atom stereocenters. The first-order valence-electron chi connectivity index (χ1n) is 15.5. The van der Waals surface area contributed by atoms with Crippen LogP contribution in [0.5, 0.6) is 11.5 Å². The first kappa shape index (κ1) is 32.5. The average Bonchev–Trinajstić information content (AvgIpc) is 3.05. The number of halogens is 1. The molecular formula is C36H42ClN3O5. The number of methoxy groups -OCH3 is 1. The lowest BCUT2D eigenvalue weighted by Gasteiger charge is -2.44. The van der Waals surface area contributed by atoms with Gasteiger partial charge in [-0.25, -0.2) is 0 Å². The summed E-state index contributed by atoms with van der Waals surface area (Å²) in [4.78, 5) is 29.9. The van der Waals surface area contributed by atoms with E-state index in [0.29, 0.717) is 57.3 Å². The maximum atomic E-state index is 14.0. The van der Waals surface area contributed by atoms with Gasteiger partial charge in [0.25, 0.3) is 5.91 Å². The third kappa shape index (κ3) is 8.45. The van der Waals surface area contributed by atoms with Crippen molar-refractivity contribution in [2.75, 3.05) is 47.0 Å². The van der Waals surface area contributed by atoms with Gasteiger partial charge in [-0.15, -0.1) is 0 Å². The van der Waals surface area contributed by atoms with Gasteiger partial charge < -0.3 is 29.3 Å². The van der Waals surface area contributed by atoms with Crippen LogP contribution in [0.15, 0.2) is 78.4 Å². The van der Waals surface area contributed by atoms with Crippen LogP contribution < -0.4 is 14.8 Å². The first-order valence-corrected chi connectivity index (χ1v) is 15.9. The summed E-state index contributed by atoms with van der Waals surface area (Å²) in [6.07, 6.45) is 2.11. The van der Waals surface area contributed by atoms with E-state index in [0.717, 1.165) is 45.8 Å². The number of hydrogen-bond donors (Lipinski definition) is 1. The lowest BCUT2D eigenvalue weighted by molar-refractivity contribution is -0.132. The highest BCUT2D eigenvalue weighted by Gasteiger charge is 2.39. The second-order valence-electron chi connectivity index (χ2n) is 11.6. The van der Waals surface area contributed by atoms with E-state index in [4.69, 9.17) is 25.8 Å². The van der Waals surface area contributed by atoms with E-state index >= 15 is 0 Å². The fourth-order valence-electron chi connectivity index (χ4n) is 6.03. The third-order valence-corrected chi connectivity index (χ3v) is 8.64. The monoisotopic (exact) mass is 631 g/mol. The third-order valence-electron chi connectivity index (χ3n) is 8.41. The van der Waals surface area contributed by atoms with Gasteiger partial charge in [-0.1, -0.05) is 54.1 Å². The topological polar surface area (TPSA) is 80.3 Å². The van der Waals surface area contributed by atoms with Gasteiger partial charge in [-0.3, -0.25) is 9.59 Å². The molecule has 1 fully saturated rings. The Labute approximate surface area is 270 Å². The molecule has 0 aromatic heterocycles. The molecule has 2 amide bonds. The van der Waals surface area contributed by atoms with Crippen LogP contribution in [0.3, 0.4) is 0 Å². The van der Waals surface area contributed by atoms with E-state index in [9.17, 15) is 9.59 Å². The Kier molecular flexibility index (Phi) is 11.2. The van der Waals surface area contributed by atoms with Gasteiger partial charge in [0.15, 0.2) is 0 Å². The minimum atomic E-state index is -0.232. The summed E-state index contributed by atoms with van der Waals surface area (Å²) in [5.41, 5.74) is 4.86. The lowest BCUT2D eigenvalue weighted by atomic mass is 9.83. The number of carbonyl (C=O) groups excluding carboxylic acids is 2. The number of ether oxygens (including phenoxy) is 3. The van der Waals surface area contributed by atoms with Crippen molar-refractivity contribution < 1.29 is 23.8 Å². The number of fused-ring (bicyclic) bond motifs is 2. The normalized spacial score (nSPS) is 17.6. The van der Waals surface area contributed by atoms with Crippen LogP contribution in [0.4, 0.5) is 0 Å². The maximum absolute atomic E-state index is 14.0. The van der Waals surface area contributed by atoms with Crippen LogP contribution in [-0.4, -0.2) is 80.7 Å². The summed E-state index contributed by atoms with van der Waals surface area (Å²) in [6.45, 7) is 4.84. The molecule has 1 unspecified atom stereocenters. The summed E-state index contributed by atoms with van der Waals surface area (Å²) >= 11 is 6.17. The number of nitrogens with zero attached hydrogens (tertiary/aromatic N) is 2. The summed E-state index contributed by atoms with van der Waals surface area (Å²) < 4.78 is 17.2. The maximum Gasteiger partial charge on any atom is 0.251 e. The van der Waals surface area contributed by atoms with E-state index in [1.165, 1.54) is 0 Å². The average molecular weight is 632 g/mol. The van der Waals surface area contributed by atoms with E-state index in [-0.39, 0.29) is 23.9 Å². The standard InChI is InChI=1S/C36H42ClN3O5/c1-25(41)40-22-30-21-32(35(33(23-40)38-30)36(42)39(2)17-16-26-8-6-10-29(37)20-26)27-12-14-31(15-13-27)45-19-7-18-44-24-28-9-4-5-11-34(28)43-3/h4-6,8-15,20,30,33,38H,7,16-19,21-24H2,1-3H3/t30-,33?/m0/s1. The van der Waals surface area contributed by atoms with Crippen molar-refractivity contribution in [3.8, 4) is 11.5 Å². The Morgan fingerprint density at radius 1 is 1.02 bits per heavy atom. The molecule has 5 rings (SSSR count). The molecule has 0 radical (unpaired) electrons. The van der Waals surface area contributed by atoms with Crippen molar-refractivity contribution in [2.45, 2.75) is 44.9 Å². The highest BCUT2D eigenvalue weighted by atomic mass is 35.5. The zero-order valence-corrected chi connectivity index (χ0v) is 27.0. The highest BCUT2D eigenvalue weighted by molar-refractivity contribution is 6.30. The number of carbonyl (C=O) groups is 2. The summed E-state index contributed by atoms with van der Waals surface area (Å²) in [5, 5.41) is 4.30. The van der Waals surface area contributed by atoms with Crippen molar-refractivity contribution in [2.24, 2.45) is 0 Å². The molecule has 2 heterocycles. The number of nitrogens with one attached hydrogen (secondary N) is 1. The molecule has 8 nitrogen and oxygen atoms in total. The fourth-order valence-corrected chi connectivity index (χ4v) is 6.24. The quantitative estimate of drug-likeness (QED) is 0.255. The van der Waals surface area contributed by atoms with Gasteiger partial charge in [-0.05, 0) is 59.9 Å². The van der Waals surface area contributed by atoms with Gasteiger partial charge in [0.1, 0.15) is 11.5 Å². The molecule has 45 heavy (non-hydrogen) atoms. The van der Waals surface area contributed by atoms with Crippen LogP contribution >= 0.6 is 11.6 Å². The Morgan fingerprint density at radius 2 is 1.82 bits per heavy atom. The van der Waals surface area contributed by atoms with Gasteiger partial charge in [-0.2, -0.15) is 0 Å².